The van der Waals surface area contributed by atoms with Crippen LogP contribution in [0.1, 0.15) is 38.7 Å². The van der Waals surface area contributed by atoms with Crippen LogP contribution < -0.4 is 5.73 Å². The number of nitrogens with zero attached hydrogens (tertiary/aromatic N) is 1. The van der Waals surface area contributed by atoms with Crippen LogP contribution in [0.2, 0.25) is 0 Å². The molecule has 1 aliphatic rings. The molecule has 1 fully saturated rings. The summed E-state index contributed by atoms with van der Waals surface area (Å²) < 4.78 is 0. The van der Waals surface area contributed by atoms with E-state index >= 15 is 0 Å². The molecule has 3 unspecified atom stereocenters. The first-order chi connectivity index (χ1) is 7.59. The van der Waals surface area contributed by atoms with Gasteiger partial charge in [-0.15, -0.1) is 0 Å². The molecule has 16 heavy (non-hydrogen) atoms. The number of nitrogens with two attached hydrogens (primary N) is 1. The van der Waals surface area contributed by atoms with E-state index in [4.69, 9.17) is 5.73 Å². The standard InChI is InChI=1S/C14H22N2/c1-11-5-6-14(15,8-12(11)2)9-13-4-3-7-16-10-13/h3-4,7,10-12H,5-6,8-9,15H2,1-2H3. The molecule has 1 aromatic heterocycles. The molecule has 0 amide bonds. The molecule has 0 aromatic carbocycles. The molecule has 1 aliphatic carbocycles. The second kappa shape index (κ2) is 4.54. The van der Waals surface area contributed by atoms with Gasteiger partial charge in [-0.25, -0.2) is 0 Å². The Morgan fingerprint density at radius 1 is 1.44 bits per heavy atom. The lowest BCUT2D eigenvalue weighted by Gasteiger charge is -2.40. The highest BCUT2D eigenvalue weighted by Gasteiger charge is 2.34. The third-order valence-corrected chi connectivity index (χ3v) is 4.08. The third-order valence-electron chi connectivity index (χ3n) is 4.08. The van der Waals surface area contributed by atoms with Crippen LogP contribution in [-0.2, 0) is 6.42 Å². The van der Waals surface area contributed by atoms with Crippen molar-refractivity contribution in [3.8, 4) is 0 Å². The minimum atomic E-state index is -0.00500. The Morgan fingerprint density at radius 3 is 2.88 bits per heavy atom. The largest absolute Gasteiger partial charge is 0.325 e. The fourth-order valence-electron chi connectivity index (χ4n) is 2.81. The SMILES string of the molecule is CC1CCC(N)(Cc2cccnc2)CC1C. The summed E-state index contributed by atoms with van der Waals surface area (Å²) in [6, 6.07) is 4.12. The highest BCUT2D eigenvalue weighted by atomic mass is 14.8. The lowest BCUT2D eigenvalue weighted by Crippen LogP contribution is -2.47. The molecule has 1 heterocycles. The fourth-order valence-corrected chi connectivity index (χ4v) is 2.81. The molecule has 1 aromatic rings. The van der Waals surface area contributed by atoms with Gasteiger partial charge in [-0.3, -0.25) is 4.98 Å². The Kier molecular flexibility index (Phi) is 3.29. The summed E-state index contributed by atoms with van der Waals surface area (Å²) in [5.74, 6) is 1.57. The highest BCUT2D eigenvalue weighted by Crippen LogP contribution is 2.36. The smallest absolute Gasteiger partial charge is 0.0300 e. The summed E-state index contributed by atoms with van der Waals surface area (Å²) in [6.07, 6.45) is 8.28. The molecule has 2 nitrogen and oxygen atoms in total. The summed E-state index contributed by atoms with van der Waals surface area (Å²) in [6.45, 7) is 4.67. The molecular weight excluding hydrogens is 196 g/mol. The van der Waals surface area contributed by atoms with Gasteiger partial charge in [0.25, 0.3) is 0 Å². The van der Waals surface area contributed by atoms with Gasteiger partial charge >= 0.3 is 0 Å². The number of pyridine rings is 1. The van der Waals surface area contributed by atoms with Crippen LogP contribution >= 0.6 is 0 Å². The van der Waals surface area contributed by atoms with Gasteiger partial charge in [0.2, 0.25) is 0 Å². The number of hydrogen-bond acceptors (Lipinski definition) is 2. The van der Waals surface area contributed by atoms with Crippen molar-refractivity contribution in [3.05, 3.63) is 30.1 Å². The second-order valence-corrected chi connectivity index (χ2v) is 5.60. The van der Waals surface area contributed by atoms with Crippen molar-refractivity contribution in [2.24, 2.45) is 17.6 Å². The summed E-state index contributed by atoms with van der Waals surface area (Å²) in [7, 11) is 0. The van der Waals surface area contributed by atoms with Gasteiger partial charge in [-0.2, -0.15) is 0 Å². The van der Waals surface area contributed by atoms with E-state index in [-0.39, 0.29) is 5.54 Å². The van der Waals surface area contributed by atoms with E-state index in [1.807, 2.05) is 18.5 Å². The van der Waals surface area contributed by atoms with Crippen molar-refractivity contribution >= 4 is 0 Å². The Balaban J connectivity index is 2.04. The Morgan fingerprint density at radius 2 is 2.25 bits per heavy atom. The Bertz CT molecular complexity index is 336. The molecule has 1 saturated carbocycles. The second-order valence-electron chi connectivity index (χ2n) is 5.60. The predicted octanol–water partition coefficient (Wildman–Crippen LogP) is 2.78. The van der Waals surface area contributed by atoms with Gasteiger partial charge in [0.05, 0.1) is 0 Å². The van der Waals surface area contributed by atoms with Gasteiger partial charge in [-0.1, -0.05) is 19.9 Å². The summed E-state index contributed by atoms with van der Waals surface area (Å²) in [4.78, 5) is 4.16. The molecule has 3 atom stereocenters. The number of aromatic nitrogens is 1. The molecule has 0 bridgehead atoms. The van der Waals surface area contributed by atoms with Crippen LogP contribution in [-0.4, -0.2) is 10.5 Å². The molecule has 0 radical (unpaired) electrons. The molecular formula is C14H22N2. The van der Waals surface area contributed by atoms with Crippen molar-refractivity contribution in [2.45, 2.75) is 45.1 Å². The highest BCUT2D eigenvalue weighted by molar-refractivity contribution is 5.13. The molecule has 0 saturated heterocycles. The van der Waals surface area contributed by atoms with Crippen molar-refractivity contribution in [2.75, 3.05) is 0 Å². The lowest BCUT2D eigenvalue weighted by molar-refractivity contribution is 0.175. The average molecular weight is 218 g/mol. The van der Waals surface area contributed by atoms with Gasteiger partial charge in [0.15, 0.2) is 0 Å². The van der Waals surface area contributed by atoms with E-state index in [1.165, 1.54) is 12.0 Å². The maximum absolute atomic E-state index is 6.52. The van der Waals surface area contributed by atoms with Crippen molar-refractivity contribution in [1.82, 2.24) is 4.98 Å². The lowest BCUT2D eigenvalue weighted by atomic mass is 9.69. The van der Waals surface area contributed by atoms with Crippen LogP contribution in [0.25, 0.3) is 0 Å². The van der Waals surface area contributed by atoms with Gasteiger partial charge < -0.3 is 5.73 Å². The quantitative estimate of drug-likeness (QED) is 0.829. The van der Waals surface area contributed by atoms with Gasteiger partial charge in [0.1, 0.15) is 0 Å². The van der Waals surface area contributed by atoms with Gasteiger partial charge in [0, 0.05) is 17.9 Å². The van der Waals surface area contributed by atoms with E-state index < -0.39 is 0 Å². The van der Waals surface area contributed by atoms with Crippen molar-refractivity contribution in [1.29, 1.82) is 0 Å². The molecule has 2 N–H and O–H groups in total. The topological polar surface area (TPSA) is 38.9 Å². The summed E-state index contributed by atoms with van der Waals surface area (Å²) >= 11 is 0. The van der Waals surface area contributed by atoms with Crippen molar-refractivity contribution in [3.63, 3.8) is 0 Å². The van der Waals surface area contributed by atoms with Crippen LogP contribution in [0.5, 0.6) is 0 Å². The predicted molar refractivity (Wildman–Crippen MR) is 67.0 cm³/mol. The van der Waals surface area contributed by atoms with E-state index in [9.17, 15) is 0 Å². The maximum Gasteiger partial charge on any atom is 0.0300 e. The minimum Gasteiger partial charge on any atom is -0.325 e. The maximum atomic E-state index is 6.52. The van der Waals surface area contributed by atoms with Crippen LogP contribution in [0, 0.1) is 11.8 Å². The molecule has 2 heteroatoms. The Hall–Kier alpha value is -0.890. The average Bonchev–Trinajstić information content (AvgIpc) is 2.25. The third kappa shape index (κ3) is 2.62. The fraction of sp³-hybridized carbons (Fsp3) is 0.643. The van der Waals surface area contributed by atoms with Crippen LogP contribution in [0.15, 0.2) is 24.5 Å². The molecule has 0 spiro atoms. The first-order valence-corrected chi connectivity index (χ1v) is 6.27. The number of rotatable bonds is 2. The first kappa shape index (κ1) is 11.6. The normalized spacial score (nSPS) is 34.9. The van der Waals surface area contributed by atoms with Crippen molar-refractivity contribution < 1.29 is 0 Å². The van der Waals surface area contributed by atoms with E-state index in [2.05, 4.69) is 24.9 Å². The minimum absolute atomic E-state index is 0.00500. The first-order valence-electron chi connectivity index (χ1n) is 6.27. The van der Waals surface area contributed by atoms with Gasteiger partial charge in [-0.05, 0) is 49.1 Å². The van der Waals surface area contributed by atoms with Crippen LogP contribution in [0.4, 0.5) is 0 Å². The zero-order valence-electron chi connectivity index (χ0n) is 10.3. The van der Waals surface area contributed by atoms with E-state index in [0.29, 0.717) is 0 Å². The zero-order valence-corrected chi connectivity index (χ0v) is 10.3. The molecule has 0 aliphatic heterocycles. The molecule has 2 rings (SSSR count). The zero-order chi connectivity index (χ0) is 11.6. The van der Waals surface area contributed by atoms with E-state index in [0.717, 1.165) is 31.1 Å². The molecule has 88 valence electrons. The summed E-state index contributed by atoms with van der Waals surface area (Å²) in [5, 5.41) is 0. The van der Waals surface area contributed by atoms with Crippen LogP contribution in [0.3, 0.4) is 0 Å². The Labute approximate surface area is 98.3 Å². The van der Waals surface area contributed by atoms with E-state index in [1.54, 1.807) is 0 Å². The number of hydrogen-bond donors (Lipinski definition) is 1. The summed E-state index contributed by atoms with van der Waals surface area (Å²) in [5.41, 5.74) is 7.78. The monoisotopic (exact) mass is 218 g/mol.